The first-order chi connectivity index (χ1) is 14.6. The molecule has 0 saturated carbocycles. The zero-order chi connectivity index (χ0) is 21.1. The van der Waals surface area contributed by atoms with Gasteiger partial charge in [0, 0.05) is 22.7 Å². The third-order valence-electron chi connectivity index (χ3n) is 5.70. The quantitative estimate of drug-likeness (QED) is 0.512. The van der Waals surface area contributed by atoms with E-state index in [9.17, 15) is 4.79 Å². The maximum absolute atomic E-state index is 12.9. The standard InChI is InChI=1S/C24H26ClN3O2/c1-3-27(4-2)15-16-30-24(29)22-21-14-9-17-7-5-6-8-20(17)23(21)28(26-22)19-12-10-18(25)11-13-19/h5-8,10-13H,3-4,9,14-16H2,1-2H3. The number of benzene rings is 2. The van der Waals surface area contributed by atoms with E-state index in [0.717, 1.165) is 55.0 Å². The highest BCUT2D eigenvalue weighted by atomic mass is 35.5. The Morgan fingerprint density at radius 3 is 2.57 bits per heavy atom. The molecule has 1 heterocycles. The average molecular weight is 424 g/mol. The number of nitrogens with zero attached hydrogens (tertiary/aromatic N) is 3. The SMILES string of the molecule is CCN(CC)CCOC(=O)c1nn(-c2ccc(Cl)cc2)c2c1CCc1ccccc1-2. The highest BCUT2D eigenvalue weighted by Crippen LogP contribution is 2.37. The van der Waals surface area contributed by atoms with Gasteiger partial charge in [0.25, 0.3) is 0 Å². The fourth-order valence-corrected chi connectivity index (χ4v) is 4.13. The normalized spacial score (nSPS) is 12.5. The van der Waals surface area contributed by atoms with Gasteiger partial charge in [-0.25, -0.2) is 9.48 Å². The molecule has 4 rings (SSSR count). The summed E-state index contributed by atoms with van der Waals surface area (Å²) in [6.45, 7) is 7.16. The van der Waals surface area contributed by atoms with Crippen LogP contribution < -0.4 is 0 Å². The minimum atomic E-state index is -0.356. The Hall–Kier alpha value is -2.63. The summed E-state index contributed by atoms with van der Waals surface area (Å²) >= 11 is 6.08. The number of hydrogen-bond acceptors (Lipinski definition) is 4. The number of fused-ring (bicyclic) bond motifs is 3. The van der Waals surface area contributed by atoms with Crippen LogP contribution in [0.3, 0.4) is 0 Å². The minimum Gasteiger partial charge on any atom is -0.460 e. The van der Waals surface area contributed by atoms with Crippen molar-refractivity contribution in [1.82, 2.24) is 14.7 Å². The molecule has 1 aliphatic rings. The second-order valence-corrected chi connectivity index (χ2v) is 7.82. The number of likely N-dealkylation sites (N-methyl/N-ethyl adjacent to an activating group) is 1. The smallest absolute Gasteiger partial charge is 0.359 e. The van der Waals surface area contributed by atoms with E-state index < -0.39 is 0 Å². The molecule has 5 nitrogen and oxygen atoms in total. The van der Waals surface area contributed by atoms with Gasteiger partial charge < -0.3 is 9.64 Å². The molecule has 3 aromatic rings. The van der Waals surface area contributed by atoms with Crippen molar-refractivity contribution in [2.45, 2.75) is 26.7 Å². The van der Waals surface area contributed by atoms with E-state index in [1.54, 1.807) is 0 Å². The molecular weight excluding hydrogens is 398 g/mol. The molecule has 6 heteroatoms. The fourth-order valence-electron chi connectivity index (χ4n) is 4.00. The molecule has 156 valence electrons. The van der Waals surface area contributed by atoms with Gasteiger partial charge in [-0.1, -0.05) is 49.7 Å². The lowest BCUT2D eigenvalue weighted by atomic mass is 9.89. The second kappa shape index (κ2) is 9.02. The predicted octanol–water partition coefficient (Wildman–Crippen LogP) is 4.79. The van der Waals surface area contributed by atoms with Crippen molar-refractivity contribution in [1.29, 1.82) is 0 Å². The number of esters is 1. The fraction of sp³-hybridized carbons (Fsp3) is 0.333. The summed E-state index contributed by atoms with van der Waals surface area (Å²) in [7, 11) is 0. The van der Waals surface area contributed by atoms with Crippen molar-refractivity contribution < 1.29 is 9.53 Å². The molecule has 1 aromatic heterocycles. The van der Waals surface area contributed by atoms with Crippen LogP contribution in [0, 0.1) is 0 Å². The van der Waals surface area contributed by atoms with Crippen LogP contribution in [0.1, 0.15) is 35.5 Å². The zero-order valence-corrected chi connectivity index (χ0v) is 18.2. The lowest BCUT2D eigenvalue weighted by Crippen LogP contribution is -2.28. The van der Waals surface area contributed by atoms with Crippen LogP contribution in [0.15, 0.2) is 48.5 Å². The minimum absolute atomic E-state index is 0.356. The van der Waals surface area contributed by atoms with Crippen LogP contribution in [0.5, 0.6) is 0 Å². The number of hydrogen-bond donors (Lipinski definition) is 0. The molecule has 0 fully saturated rings. The second-order valence-electron chi connectivity index (χ2n) is 7.38. The van der Waals surface area contributed by atoms with Crippen molar-refractivity contribution in [3.05, 3.63) is 70.4 Å². The molecule has 1 aliphatic carbocycles. The summed E-state index contributed by atoms with van der Waals surface area (Å²) in [5, 5.41) is 5.38. The van der Waals surface area contributed by atoms with Crippen molar-refractivity contribution in [3.8, 4) is 16.9 Å². The molecule has 0 saturated heterocycles. The number of halogens is 1. The summed E-state index contributed by atoms with van der Waals surface area (Å²) in [4.78, 5) is 15.2. The van der Waals surface area contributed by atoms with Gasteiger partial charge in [0.15, 0.2) is 5.69 Å². The van der Waals surface area contributed by atoms with Crippen LogP contribution in [0.2, 0.25) is 5.02 Å². The largest absolute Gasteiger partial charge is 0.460 e. The summed E-state index contributed by atoms with van der Waals surface area (Å²) in [5.74, 6) is -0.356. The molecule has 2 aromatic carbocycles. The molecule has 0 atom stereocenters. The number of carbonyl (C=O) groups excluding carboxylic acids is 1. The molecule has 0 amide bonds. The van der Waals surface area contributed by atoms with E-state index in [1.165, 1.54) is 5.56 Å². The Morgan fingerprint density at radius 2 is 1.83 bits per heavy atom. The number of aromatic nitrogens is 2. The van der Waals surface area contributed by atoms with E-state index in [2.05, 4.69) is 36.9 Å². The average Bonchev–Trinajstić information content (AvgIpc) is 3.17. The molecule has 0 radical (unpaired) electrons. The van der Waals surface area contributed by atoms with Crippen molar-refractivity contribution in [2.75, 3.05) is 26.2 Å². The van der Waals surface area contributed by atoms with Crippen molar-refractivity contribution >= 4 is 17.6 Å². The van der Waals surface area contributed by atoms with Crippen LogP contribution in [-0.4, -0.2) is 46.9 Å². The van der Waals surface area contributed by atoms with E-state index in [4.69, 9.17) is 21.4 Å². The Morgan fingerprint density at radius 1 is 1.10 bits per heavy atom. The number of aryl methyl sites for hydroxylation is 1. The third kappa shape index (κ3) is 4.00. The van der Waals surface area contributed by atoms with Gasteiger partial charge in [-0.05, 0) is 55.8 Å². The van der Waals surface area contributed by atoms with E-state index >= 15 is 0 Å². The van der Waals surface area contributed by atoms with Crippen LogP contribution in [-0.2, 0) is 17.6 Å². The number of ether oxygens (including phenoxy) is 1. The lowest BCUT2D eigenvalue weighted by molar-refractivity contribution is 0.0458. The van der Waals surface area contributed by atoms with Gasteiger partial charge >= 0.3 is 5.97 Å². The monoisotopic (exact) mass is 423 g/mol. The van der Waals surface area contributed by atoms with Gasteiger partial charge in [0.1, 0.15) is 6.61 Å². The first-order valence-electron chi connectivity index (χ1n) is 10.5. The molecular formula is C24H26ClN3O2. The summed E-state index contributed by atoms with van der Waals surface area (Å²) in [5.41, 5.74) is 5.58. The van der Waals surface area contributed by atoms with E-state index in [-0.39, 0.29) is 5.97 Å². The highest BCUT2D eigenvalue weighted by Gasteiger charge is 2.29. The number of rotatable bonds is 7. The Bertz CT molecular complexity index is 1040. The Balaban J connectivity index is 1.71. The lowest BCUT2D eigenvalue weighted by Gasteiger charge is -2.19. The van der Waals surface area contributed by atoms with Crippen LogP contribution in [0.4, 0.5) is 0 Å². The third-order valence-corrected chi connectivity index (χ3v) is 5.95. The van der Waals surface area contributed by atoms with Gasteiger partial charge in [-0.15, -0.1) is 0 Å². The topological polar surface area (TPSA) is 47.4 Å². The first-order valence-corrected chi connectivity index (χ1v) is 10.9. The summed E-state index contributed by atoms with van der Waals surface area (Å²) < 4.78 is 7.46. The van der Waals surface area contributed by atoms with E-state index in [1.807, 2.05) is 35.0 Å². The van der Waals surface area contributed by atoms with Gasteiger partial charge in [0.2, 0.25) is 0 Å². The summed E-state index contributed by atoms with van der Waals surface area (Å²) in [6.07, 6.45) is 1.65. The molecule has 0 spiro atoms. The number of carbonyl (C=O) groups is 1. The van der Waals surface area contributed by atoms with Crippen molar-refractivity contribution in [3.63, 3.8) is 0 Å². The van der Waals surface area contributed by atoms with Crippen LogP contribution in [0.25, 0.3) is 16.9 Å². The molecule has 0 unspecified atom stereocenters. The first kappa shape index (κ1) is 20.6. The molecule has 30 heavy (non-hydrogen) atoms. The van der Waals surface area contributed by atoms with Crippen LogP contribution >= 0.6 is 11.6 Å². The summed E-state index contributed by atoms with van der Waals surface area (Å²) in [6, 6.07) is 15.8. The van der Waals surface area contributed by atoms with E-state index in [0.29, 0.717) is 17.3 Å². The predicted molar refractivity (Wildman–Crippen MR) is 119 cm³/mol. The highest BCUT2D eigenvalue weighted by molar-refractivity contribution is 6.30. The van der Waals surface area contributed by atoms with Gasteiger partial charge in [-0.2, -0.15) is 5.10 Å². The maximum Gasteiger partial charge on any atom is 0.359 e. The molecule has 0 aliphatic heterocycles. The Kier molecular flexibility index (Phi) is 6.21. The van der Waals surface area contributed by atoms with Gasteiger partial charge in [0.05, 0.1) is 11.4 Å². The molecule has 0 N–H and O–H groups in total. The maximum atomic E-state index is 12.9. The molecule has 0 bridgehead atoms. The zero-order valence-electron chi connectivity index (χ0n) is 17.4. The Labute approximate surface area is 182 Å². The van der Waals surface area contributed by atoms with Crippen molar-refractivity contribution in [2.24, 2.45) is 0 Å². The van der Waals surface area contributed by atoms with Gasteiger partial charge in [-0.3, -0.25) is 0 Å².